The van der Waals surface area contributed by atoms with Gasteiger partial charge in [-0.05, 0) is 12.1 Å². The van der Waals surface area contributed by atoms with Gasteiger partial charge in [-0.25, -0.2) is 0 Å². The lowest BCUT2D eigenvalue weighted by molar-refractivity contribution is -0.383. The molecular weight excluding hydrogens is 324 g/mol. The molecule has 0 aliphatic carbocycles. The maximum atomic E-state index is 11.0. The van der Waals surface area contributed by atoms with Crippen molar-refractivity contribution < 1.29 is 34.5 Å². The summed E-state index contributed by atoms with van der Waals surface area (Å²) in [5, 5.41) is 52.9. The van der Waals surface area contributed by atoms with Crippen LogP contribution in [0.1, 0.15) is 0 Å². The molecule has 1 unspecified atom stereocenters. The molecule has 0 radical (unpaired) electrons. The Balaban J connectivity index is 1.78. The number of aliphatic hydroxyl groups is 4. The molecule has 130 valence electrons. The Labute approximate surface area is 135 Å². The van der Waals surface area contributed by atoms with Crippen LogP contribution in [0.15, 0.2) is 28.9 Å². The zero-order valence-corrected chi connectivity index (χ0v) is 12.3. The molecule has 5 atom stereocenters. The van der Waals surface area contributed by atoms with Gasteiger partial charge in [0, 0.05) is 18.3 Å². The Bertz CT molecular complexity index is 747. The molecule has 1 aromatic heterocycles. The molecule has 5 N–H and O–H groups in total. The van der Waals surface area contributed by atoms with E-state index in [0.29, 0.717) is 11.1 Å². The van der Waals surface area contributed by atoms with E-state index in [1.54, 1.807) is 6.07 Å². The molecule has 1 aliphatic rings. The highest BCUT2D eigenvalue weighted by Crippen LogP contribution is 2.32. The molecule has 10 heteroatoms. The Morgan fingerprint density at radius 2 is 1.88 bits per heavy atom. The average molecular weight is 340 g/mol. The van der Waals surface area contributed by atoms with Crippen molar-refractivity contribution in [2.24, 2.45) is 0 Å². The van der Waals surface area contributed by atoms with Crippen LogP contribution in [0.2, 0.25) is 0 Å². The first-order valence-corrected chi connectivity index (χ1v) is 7.16. The van der Waals surface area contributed by atoms with Gasteiger partial charge in [-0.15, -0.1) is 0 Å². The van der Waals surface area contributed by atoms with Gasteiger partial charge in [0.1, 0.15) is 24.4 Å². The van der Waals surface area contributed by atoms with Crippen LogP contribution in [-0.4, -0.2) is 62.6 Å². The predicted octanol–water partition coefficient (Wildman–Crippen LogP) is -0.447. The van der Waals surface area contributed by atoms with E-state index in [9.17, 15) is 30.5 Å². The van der Waals surface area contributed by atoms with E-state index < -0.39 is 35.6 Å². The third-order valence-corrected chi connectivity index (χ3v) is 3.97. The number of rotatable bonds is 4. The van der Waals surface area contributed by atoms with Gasteiger partial charge in [0.05, 0.1) is 16.6 Å². The minimum Gasteiger partial charge on any atom is -0.457 e. The van der Waals surface area contributed by atoms with Gasteiger partial charge in [0.25, 0.3) is 0 Å². The molecule has 2 aromatic rings. The zero-order chi connectivity index (χ0) is 17.4. The summed E-state index contributed by atoms with van der Waals surface area (Å²) in [4.78, 5) is 10.4. The SMILES string of the molecule is O=[N+]([O-])c1ccc(NC[C@H]2OC(O)[C@H](O)[C@@H](O)[C@@H]2O)c2ccoc12. The van der Waals surface area contributed by atoms with Crippen molar-refractivity contribution in [3.05, 3.63) is 34.6 Å². The molecule has 0 amide bonds. The molecule has 1 saturated heterocycles. The quantitative estimate of drug-likeness (QED) is 0.367. The number of nitro groups is 1. The number of non-ortho nitro benzene ring substituents is 1. The van der Waals surface area contributed by atoms with Crippen LogP contribution in [0, 0.1) is 10.1 Å². The van der Waals surface area contributed by atoms with Gasteiger partial charge >= 0.3 is 5.69 Å². The summed E-state index contributed by atoms with van der Waals surface area (Å²) in [6.45, 7) is -0.0138. The highest BCUT2D eigenvalue weighted by Gasteiger charge is 2.42. The van der Waals surface area contributed by atoms with Crippen molar-refractivity contribution in [2.45, 2.75) is 30.7 Å². The Hall–Kier alpha value is -2.24. The number of hydrogen-bond acceptors (Lipinski definition) is 9. The van der Waals surface area contributed by atoms with Crippen molar-refractivity contribution in [1.29, 1.82) is 0 Å². The lowest BCUT2D eigenvalue weighted by atomic mass is 9.99. The number of hydrogen-bond donors (Lipinski definition) is 5. The fraction of sp³-hybridized carbons (Fsp3) is 0.429. The lowest BCUT2D eigenvalue weighted by Crippen LogP contribution is -2.59. The average Bonchev–Trinajstić information content (AvgIpc) is 3.04. The summed E-state index contributed by atoms with van der Waals surface area (Å²) in [5.41, 5.74) is 0.421. The first-order valence-electron chi connectivity index (χ1n) is 7.16. The second-order valence-corrected chi connectivity index (χ2v) is 5.47. The van der Waals surface area contributed by atoms with Crippen LogP contribution in [0.25, 0.3) is 11.0 Å². The van der Waals surface area contributed by atoms with Crippen molar-refractivity contribution in [3.63, 3.8) is 0 Å². The van der Waals surface area contributed by atoms with E-state index in [1.165, 1.54) is 18.4 Å². The standard InChI is InChI=1S/C14H16N2O8/c17-10-9(24-14(20)12(19)11(10)18)5-15-7-1-2-8(16(21)22)13-6(7)3-4-23-13/h1-4,9-12,14-15,17-20H,5H2/t9-,10-,11+,12-,14?/m1/s1. The highest BCUT2D eigenvalue weighted by atomic mass is 16.6. The Morgan fingerprint density at radius 3 is 2.58 bits per heavy atom. The molecule has 0 bridgehead atoms. The molecule has 1 fully saturated rings. The molecule has 1 aliphatic heterocycles. The first kappa shape index (κ1) is 16.6. The van der Waals surface area contributed by atoms with E-state index >= 15 is 0 Å². The monoisotopic (exact) mass is 340 g/mol. The van der Waals surface area contributed by atoms with Crippen molar-refractivity contribution in [3.8, 4) is 0 Å². The molecule has 0 spiro atoms. The number of nitrogens with one attached hydrogen (secondary N) is 1. The summed E-state index contributed by atoms with van der Waals surface area (Å²) in [5.74, 6) is 0. The van der Waals surface area contributed by atoms with Gasteiger partial charge in [-0.2, -0.15) is 0 Å². The molecule has 0 saturated carbocycles. The number of anilines is 1. The van der Waals surface area contributed by atoms with E-state index in [0.717, 1.165) is 0 Å². The summed E-state index contributed by atoms with van der Waals surface area (Å²) < 4.78 is 10.2. The third kappa shape index (κ3) is 2.81. The second-order valence-electron chi connectivity index (χ2n) is 5.47. The van der Waals surface area contributed by atoms with Crippen molar-refractivity contribution in [2.75, 3.05) is 11.9 Å². The van der Waals surface area contributed by atoms with Crippen LogP contribution in [-0.2, 0) is 4.74 Å². The van der Waals surface area contributed by atoms with Crippen LogP contribution >= 0.6 is 0 Å². The summed E-state index contributed by atoms with van der Waals surface area (Å²) in [7, 11) is 0. The van der Waals surface area contributed by atoms with E-state index in [-0.39, 0.29) is 17.8 Å². The molecule has 1 aromatic carbocycles. The minimum absolute atomic E-state index is 0.0138. The maximum Gasteiger partial charge on any atom is 0.312 e. The van der Waals surface area contributed by atoms with Crippen molar-refractivity contribution >= 4 is 22.3 Å². The molecule has 2 heterocycles. The smallest absolute Gasteiger partial charge is 0.312 e. The molecule has 3 rings (SSSR count). The molecular formula is C14H16N2O8. The number of ether oxygens (including phenoxy) is 1. The maximum absolute atomic E-state index is 11.0. The van der Waals surface area contributed by atoms with Gasteiger partial charge in [0.2, 0.25) is 5.58 Å². The predicted molar refractivity (Wildman–Crippen MR) is 80.3 cm³/mol. The van der Waals surface area contributed by atoms with Gasteiger partial charge in [0.15, 0.2) is 6.29 Å². The number of furan rings is 1. The first-order chi connectivity index (χ1) is 11.4. The number of nitrogens with zero attached hydrogens (tertiary/aromatic N) is 1. The Kier molecular flexibility index (Phi) is 4.39. The Morgan fingerprint density at radius 1 is 1.12 bits per heavy atom. The second kappa shape index (κ2) is 6.34. The lowest BCUT2D eigenvalue weighted by Gasteiger charge is -2.38. The zero-order valence-electron chi connectivity index (χ0n) is 12.3. The van der Waals surface area contributed by atoms with Crippen LogP contribution < -0.4 is 5.32 Å². The number of nitro benzene ring substituents is 1. The highest BCUT2D eigenvalue weighted by molar-refractivity contribution is 5.96. The normalized spacial score (nSPS) is 30.4. The number of aliphatic hydroxyl groups excluding tert-OH is 4. The molecule has 24 heavy (non-hydrogen) atoms. The van der Waals surface area contributed by atoms with Gasteiger partial charge in [-0.3, -0.25) is 10.1 Å². The summed E-state index contributed by atoms with van der Waals surface area (Å²) >= 11 is 0. The number of fused-ring (bicyclic) bond motifs is 1. The topological polar surface area (TPSA) is 158 Å². The van der Waals surface area contributed by atoms with Gasteiger partial charge in [-0.1, -0.05) is 0 Å². The third-order valence-electron chi connectivity index (χ3n) is 3.97. The fourth-order valence-electron chi connectivity index (χ4n) is 2.66. The van der Waals surface area contributed by atoms with Crippen molar-refractivity contribution in [1.82, 2.24) is 0 Å². The van der Waals surface area contributed by atoms with Crippen LogP contribution in [0.4, 0.5) is 11.4 Å². The van der Waals surface area contributed by atoms with E-state index in [1.807, 2.05) is 0 Å². The van der Waals surface area contributed by atoms with Crippen LogP contribution in [0.3, 0.4) is 0 Å². The largest absolute Gasteiger partial charge is 0.457 e. The summed E-state index contributed by atoms with van der Waals surface area (Å²) in [6, 6.07) is 4.31. The van der Waals surface area contributed by atoms with Gasteiger partial charge < -0.3 is 34.9 Å². The minimum atomic E-state index is -1.62. The fourth-order valence-corrected chi connectivity index (χ4v) is 2.66. The van der Waals surface area contributed by atoms with Crippen LogP contribution in [0.5, 0.6) is 0 Å². The number of benzene rings is 1. The molecule has 10 nitrogen and oxygen atoms in total. The van der Waals surface area contributed by atoms with E-state index in [2.05, 4.69) is 5.32 Å². The van der Waals surface area contributed by atoms with E-state index in [4.69, 9.17) is 9.15 Å². The summed E-state index contributed by atoms with van der Waals surface area (Å²) in [6.07, 6.45) is -5.86.